The van der Waals surface area contributed by atoms with Crippen LogP contribution in [0.1, 0.15) is 89.1 Å². The zero-order valence-electron chi connectivity index (χ0n) is 27.6. The first-order valence-corrected chi connectivity index (χ1v) is 16.2. The van der Waals surface area contributed by atoms with Gasteiger partial charge in [0.2, 0.25) is 5.91 Å². The molecule has 1 aromatic heterocycles. The molecule has 0 saturated heterocycles. The Kier molecular flexibility index (Phi) is 12.2. The molecule has 0 radical (unpaired) electrons. The molecular formula is C35H47N3O5S. The van der Waals surface area contributed by atoms with E-state index in [1.165, 1.54) is 6.92 Å². The van der Waals surface area contributed by atoms with Crippen LogP contribution < -0.4 is 4.74 Å². The van der Waals surface area contributed by atoms with E-state index in [0.717, 1.165) is 39.8 Å². The summed E-state index contributed by atoms with van der Waals surface area (Å²) in [5.41, 5.74) is 4.43. The van der Waals surface area contributed by atoms with Gasteiger partial charge in [0.25, 0.3) is 6.01 Å². The summed E-state index contributed by atoms with van der Waals surface area (Å²) in [6.07, 6.45) is 1.31. The number of carbonyl (C=O) groups is 3. The molecule has 0 spiro atoms. The van der Waals surface area contributed by atoms with Gasteiger partial charge >= 0.3 is 5.97 Å². The molecule has 0 fully saturated rings. The van der Waals surface area contributed by atoms with Gasteiger partial charge in [0.1, 0.15) is 5.60 Å². The minimum absolute atomic E-state index is 0.0625. The number of imidazole rings is 1. The first-order chi connectivity index (χ1) is 20.7. The highest BCUT2D eigenvalue weighted by atomic mass is 32.2. The molecular weight excluding hydrogens is 574 g/mol. The third-order valence-corrected chi connectivity index (χ3v) is 7.92. The van der Waals surface area contributed by atoms with Gasteiger partial charge in [0, 0.05) is 14.0 Å². The van der Waals surface area contributed by atoms with Gasteiger partial charge in [-0.05, 0) is 69.2 Å². The van der Waals surface area contributed by atoms with Crippen LogP contribution in [-0.4, -0.2) is 55.9 Å². The van der Waals surface area contributed by atoms with E-state index in [4.69, 9.17) is 14.5 Å². The van der Waals surface area contributed by atoms with Crippen molar-refractivity contribution in [3.05, 3.63) is 71.0 Å². The molecule has 1 amide bonds. The summed E-state index contributed by atoms with van der Waals surface area (Å²) in [6.45, 7) is 16.4. The maximum Gasteiger partial charge on any atom is 0.339 e. The molecule has 1 heterocycles. The summed E-state index contributed by atoms with van der Waals surface area (Å²) >= 11 is 1.10. The zero-order chi connectivity index (χ0) is 32.6. The number of carbonyl (C=O) groups excluding carboxylic acids is 3. The van der Waals surface area contributed by atoms with E-state index >= 15 is 0 Å². The summed E-state index contributed by atoms with van der Waals surface area (Å²) < 4.78 is 13.6. The Morgan fingerprint density at radius 1 is 1.02 bits per heavy atom. The van der Waals surface area contributed by atoms with Crippen LogP contribution in [0.2, 0.25) is 0 Å². The summed E-state index contributed by atoms with van der Waals surface area (Å²) in [7, 11) is 1.78. The second kappa shape index (κ2) is 15.4. The normalized spacial score (nSPS) is 12.2. The summed E-state index contributed by atoms with van der Waals surface area (Å²) in [5.74, 6) is -0.145. The maximum absolute atomic E-state index is 13.5. The number of amides is 1. The van der Waals surface area contributed by atoms with E-state index in [1.54, 1.807) is 18.0 Å². The fraction of sp³-hybridized carbons (Fsp3) is 0.486. The molecule has 0 unspecified atom stereocenters. The summed E-state index contributed by atoms with van der Waals surface area (Å²) in [5, 5.41) is -0.492. The van der Waals surface area contributed by atoms with E-state index in [2.05, 4.69) is 13.8 Å². The summed E-state index contributed by atoms with van der Waals surface area (Å²) in [6, 6.07) is 16.0. The second-order valence-corrected chi connectivity index (χ2v) is 13.7. The molecule has 9 heteroatoms. The van der Waals surface area contributed by atoms with E-state index in [9.17, 15) is 14.4 Å². The predicted octanol–water partition coefficient (Wildman–Crippen LogP) is 7.17. The summed E-state index contributed by atoms with van der Waals surface area (Å²) in [4.78, 5) is 44.8. The minimum atomic E-state index is -0.591. The van der Waals surface area contributed by atoms with Gasteiger partial charge in [0.15, 0.2) is 5.12 Å². The number of hydrogen-bond donors (Lipinski definition) is 0. The predicted molar refractivity (Wildman–Crippen MR) is 177 cm³/mol. The molecule has 3 aromatic rings. The molecule has 1 atom stereocenters. The second-order valence-electron chi connectivity index (χ2n) is 12.3. The van der Waals surface area contributed by atoms with Crippen molar-refractivity contribution in [3.8, 4) is 17.1 Å². The standard InChI is InChI=1S/C35H47N3O5S/c1-10-29-30(22-37(9)32(40)31(20-23(3)4)44-24(5)39)38(34(36-29)42-11-2)21-25-16-18-26(19-17-25)27-14-12-13-15-28(27)33(41)43-35(6,7)8/h12-19,23,31H,10-11,20-22H2,1-9H3/t31-/m0/s1. The Morgan fingerprint density at radius 2 is 1.68 bits per heavy atom. The number of rotatable bonds is 13. The monoisotopic (exact) mass is 621 g/mol. The van der Waals surface area contributed by atoms with Crippen molar-refractivity contribution in [1.29, 1.82) is 0 Å². The molecule has 0 saturated carbocycles. The third-order valence-electron chi connectivity index (χ3n) is 6.91. The van der Waals surface area contributed by atoms with Crippen LogP contribution in [0, 0.1) is 5.92 Å². The van der Waals surface area contributed by atoms with Crippen LogP contribution in [0.5, 0.6) is 6.01 Å². The Balaban J connectivity index is 1.92. The Bertz CT molecular complexity index is 1440. The van der Waals surface area contributed by atoms with Crippen LogP contribution in [0.4, 0.5) is 0 Å². The molecule has 8 nitrogen and oxygen atoms in total. The van der Waals surface area contributed by atoms with Crippen LogP contribution in [0.25, 0.3) is 11.1 Å². The first-order valence-electron chi connectivity index (χ1n) is 15.3. The largest absolute Gasteiger partial charge is 0.465 e. The molecule has 0 aliphatic rings. The lowest BCUT2D eigenvalue weighted by molar-refractivity contribution is -0.130. The zero-order valence-corrected chi connectivity index (χ0v) is 28.4. The minimum Gasteiger partial charge on any atom is -0.465 e. The van der Waals surface area contributed by atoms with Gasteiger partial charge < -0.3 is 14.4 Å². The SMILES string of the molecule is CCOc1nc(CC)c(CN(C)C(=O)[C@H](CC(C)C)SC(C)=O)n1Cc1ccc(-c2ccccc2C(=O)OC(C)(C)C)cc1. The molecule has 44 heavy (non-hydrogen) atoms. The van der Waals surface area contributed by atoms with E-state index < -0.39 is 10.9 Å². The average Bonchev–Trinajstić information content (AvgIpc) is 3.26. The van der Waals surface area contributed by atoms with Crippen molar-refractivity contribution >= 4 is 28.8 Å². The number of esters is 1. The van der Waals surface area contributed by atoms with Crippen molar-refractivity contribution in [2.45, 2.75) is 92.2 Å². The van der Waals surface area contributed by atoms with E-state index in [0.29, 0.717) is 44.1 Å². The molecule has 0 aliphatic carbocycles. The van der Waals surface area contributed by atoms with Crippen molar-refractivity contribution in [3.63, 3.8) is 0 Å². The van der Waals surface area contributed by atoms with Gasteiger partial charge in [-0.3, -0.25) is 14.2 Å². The number of hydrogen-bond acceptors (Lipinski definition) is 7. The van der Waals surface area contributed by atoms with Crippen LogP contribution in [-0.2, 0) is 33.8 Å². The molecule has 0 N–H and O–H groups in total. The fourth-order valence-corrected chi connectivity index (χ4v) is 6.13. The lowest BCUT2D eigenvalue weighted by Crippen LogP contribution is -2.36. The van der Waals surface area contributed by atoms with Crippen molar-refractivity contribution < 1.29 is 23.9 Å². The lowest BCUT2D eigenvalue weighted by atomic mass is 9.98. The molecule has 0 bridgehead atoms. The van der Waals surface area contributed by atoms with Gasteiger partial charge in [-0.1, -0.05) is 75.0 Å². The van der Waals surface area contributed by atoms with Gasteiger partial charge in [-0.25, -0.2) is 4.79 Å². The molecule has 238 valence electrons. The quantitative estimate of drug-likeness (QED) is 0.187. The lowest BCUT2D eigenvalue weighted by Gasteiger charge is -2.25. The highest BCUT2D eigenvalue weighted by Crippen LogP contribution is 2.29. The first kappa shape index (κ1) is 34.9. The topological polar surface area (TPSA) is 90.7 Å². The number of benzene rings is 2. The Labute approximate surface area is 266 Å². The molecule has 3 rings (SSSR count). The van der Waals surface area contributed by atoms with Crippen molar-refractivity contribution in [2.75, 3.05) is 13.7 Å². The van der Waals surface area contributed by atoms with E-state index in [-0.39, 0.29) is 22.9 Å². The number of thioether (sulfide) groups is 1. The van der Waals surface area contributed by atoms with Crippen LogP contribution in [0.15, 0.2) is 48.5 Å². The number of ether oxygens (including phenoxy) is 2. The number of aryl methyl sites for hydroxylation is 1. The molecule has 0 aliphatic heterocycles. The Morgan fingerprint density at radius 3 is 2.25 bits per heavy atom. The van der Waals surface area contributed by atoms with Crippen LogP contribution >= 0.6 is 11.8 Å². The average molecular weight is 622 g/mol. The maximum atomic E-state index is 13.5. The highest BCUT2D eigenvalue weighted by molar-refractivity contribution is 8.14. The highest BCUT2D eigenvalue weighted by Gasteiger charge is 2.28. The van der Waals surface area contributed by atoms with Crippen molar-refractivity contribution in [2.24, 2.45) is 5.92 Å². The smallest absolute Gasteiger partial charge is 0.339 e. The molecule has 2 aromatic carbocycles. The third kappa shape index (κ3) is 9.45. The van der Waals surface area contributed by atoms with Gasteiger partial charge in [-0.2, -0.15) is 4.98 Å². The van der Waals surface area contributed by atoms with Gasteiger partial charge in [0.05, 0.1) is 41.9 Å². The van der Waals surface area contributed by atoms with Crippen LogP contribution in [0.3, 0.4) is 0 Å². The fourth-order valence-electron chi connectivity index (χ4n) is 4.97. The Hall–Kier alpha value is -3.59. The van der Waals surface area contributed by atoms with Crippen molar-refractivity contribution in [1.82, 2.24) is 14.5 Å². The van der Waals surface area contributed by atoms with E-state index in [1.807, 2.05) is 81.7 Å². The van der Waals surface area contributed by atoms with Gasteiger partial charge in [-0.15, -0.1) is 0 Å². The number of aromatic nitrogens is 2. The number of nitrogens with zero attached hydrogens (tertiary/aromatic N) is 3.